The number of rotatable bonds is 0. The van der Waals surface area contributed by atoms with Gasteiger partial charge in [0.1, 0.15) is 5.76 Å². The molecule has 1 atom stereocenters. The predicted octanol–water partition coefficient (Wildman–Crippen LogP) is 2.42. The first-order valence-corrected chi connectivity index (χ1v) is 4.58. The molecule has 0 aromatic carbocycles. The van der Waals surface area contributed by atoms with Gasteiger partial charge in [0, 0.05) is 17.8 Å². The molecule has 1 heterocycles. The Morgan fingerprint density at radius 1 is 1.54 bits per heavy atom. The molecule has 0 N–H and O–H groups in total. The minimum Gasteiger partial charge on any atom is -0.458 e. The van der Waals surface area contributed by atoms with Crippen LogP contribution in [0.1, 0.15) is 27.2 Å². The van der Waals surface area contributed by atoms with Crippen molar-refractivity contribution in [2.45, 2.75) is 27.2 Å². The summed E-state index contributed by atoms with van der Waals surface area (Å²) in [5.74, 6) is 1.46. The maximum atomic E-state index is 11.7. The number of hydrogen-bond acceptors (Lipinski definition) is 2. The molecule has 0 radical (unpaired) electrons. The molecular weight excluding hydrogens is 164 g/mol. The lowest BCUT2D eigenvalue weighted by molar-refractivity contribution is -0.122. The Morgan fingerprint density at radius 3 is 2.69 bits per heavy atom. The average Bonchev–Trinajstić information content (AvgIpc) is 2.49. The molecule has 13 heavy (non-hydrogen) atoms. The fourth-order valence-corrected chi connectivity index (χ4v) is 2.02. The summed E-state index contributed by atoms with van der Waals surface area (Å²) in [5.41, 5.74) is 1.08. The lowest BCUT2D eigenvalue weighted by Gasteiger charge is -2.25. The van der Waals surface area contributed by atoms with Gasteiger partial charge in [0.25, 0.3) is 0 Å². The molecule has 2 rings (SSSR count). The molecule has 0 fully saturated rings. The third kappa shape index (κ3) is 0.916. The molecule has 2 heteroatoms. The second-order valence-electron chi connectivity index (χ2n) is 4.43. The van der Waals surface area contributed by atoms with Crippen molar-refractivity contribution >= 4 is 5.78 Å². The summed E-state index contributed by atoms with van der Waals surface area (Å²) in [6.45, 7) is 9.90. The van der Waals surface area contributed by atoms with Crippen LogP contribution in [0.3, 0.4) is 0 Å². The zero-order valence-electron chi connectivity index (χ0n) is 8.31. The topological polar surface area (TPSA) is 26.3 Å². The Kier molecular flexibility index (Phi) is 1.48. The quantitative estimate of drug-likeness (QED) is 0.569. The highest BCUT2D eigenvalue weighted by atomic mass is 16.5. The molecule has 2 nitrogen and oxygen atoms in total. The molecule has 1 unspecified atom stereocenters. The molecule has 0 aromatic heterocycles. The van der Waals surface area contributed by atoms with Crippen molar-refractivity contribution in [2.24, 2.45) is 11.3 Å². The van der Waals surface area contributed by atoms with E-state index in [1.807, 2.05) is 6.92 Å². The lowest BCUT2D eigenvalue weighted by Crippen LogP contribution is -2.23. The summed E-state index contributed by atoms with van der Waals surface area (Å²) in [5, 5.41) is 0. The van der Waals surface area contributed by atoms with Gasteiger partial charge in [0.15, 0.2) is 5.76 Å². The van der Waals surface area contributed by atoms with Crippen molar-refractivity contribution in [1.29, 1.82) is 0 Å². The van der Waals surface area contributed by atoms with Gasteiger partial charge in [-0.15, -0.1) is 0 Å². The first-order valence-electron chi connectivity index (χ1n) is 4.58. The molecule has 0 amide bonds. The molecule has 70 valence electrons. The van der Waals surface area contributed by atoms with Gasteiger partial charge in [-0.1, -0.05) is 27.4 Å². The van der Waals surface area contributed by atoms with Crippen LogP contribution >= 0.6 is 0 Å². The predicted molar refractivity (Wildman–Crippen MR) is 49.8 cm³/mol. The van der Waals surface area contributed by atoms with E-state index in [4.69, 9.17) is 4.74 Å². The molecule has 1 aliphatic heterocycles. The van der Waals surface area contributed by atoms with Crippen molar-refractivity contribution in [3.8, 4) is 0 Å². The second-order valence-corrected chi connectivity index (χ2v) is 4.43. The number of ether oxygens (including phenoxy) is 1. The van der Waals surface area contributed by atoms with Crippen molar-refractivity contribution < 1.29 is 9.53 Å². The van der Waals surface area contributed by atoms with Crippen LogP contribution in [-0.2, 0) is 9.53 Å². The van der Waals surface area contributed by atoms with Gasteiger partial charge in [0.05, 0.1) is 0 Å². The highest BCUT2D eigenvalue weighted by Gasteiger charge is 2.48. The maximum absolute atomic E-state index is 11.7. The summed E-state index contributed by atoms with van der Waals surface area (Å²) in [4.78, 5) is 11.7. The largest absolute Gasteiger partial charge is 0.458 e. The monoisotopic (exact) mass is 178 g/mol. The summed E-state index contributed by atoms with van der Waals surface area (Å²) in [6.07, 6.45) is 0.735. The van der Waals surface area contributed by atoms with E-state index in [1.54, 1.807) is 0 Å². The summed E-state index contributed by atoms with van der Waals surface area (Å²) in [6, 6.07) is 0. The van der Waals surface area contributed by atoms with Crippen molar-refractivity contribution in [3.63, 3.8) is 0 Å². The van der Waals surface area contributed by atoms with E-state index in [0.717, 1.165) is 12.0 Å². The molecule has 0 bridgehead atoms. The fourth-order valence-electron chi connectivity index (χ4n) is 2.02. The third-order valence-corrected chi connectivity index (χ3v) is 3.37. The Balaban J connectivity index is 2.47. The number of hydrogen-bond donors (Lipinski definition) is 0. The minimum atomic E-state index is -0.0497. The number of carbonyl (C=O) groups excluding carboxylic acids is 1. The van der Waals surface area contributed by atoms with Crippen LogP contribution in [-0.4, -0.2) is 5.78 Å². The van der Waals surface area contributed by atoms with Gasteiger partial charge < -0.3 is 4.74 Å². The Morgan fingerprint density at radius 2 is 2.15 bits per heavy atom. The molecule has 1 aliphatic carbocycles. The van der Waals surface area contributed by atoms with Gasteiger partial charge >= 0.3 is 0 Å². The van der Waals surface area contributed by atoms with Crippen LogP contribution in [0.5, 0.6) is 0 Å². The van der Waals surface area contributed by atoms with Crippen LogP contribution in [0.15, 0.2) is 23.7 Å². The highest BCUT2D eigenvalue weighted by Crippen LogP contribution is 2.51. The smallest absolute Gasteiger partial charge is 0.201 e. The summed E-state index contributed by atoms with van der Waals surface area (Å²) < 4.78 is 5.34. The molecule has 0 saturated heterocycles. The number of Topliss-reactive ketones (excluding diaryl/α,β-unsaturated/α-hetero) is 1. The lowest BCUT2D eigenvalue weighted by atomic mass is 9.77. The van der Waals surface area contributed by atoms with E-state index < -0.39 is 0 Å². The fraction of sp³-hybridized carbons (Fsp3) is 0.545. The Bertz CT molecular complexity index is 334. The Hall–Kier alpha value is -1.05. The number of allylic oxidation sites excluding steroid dienone is 2. The standard InChI is InChI=1S/C11H14O2/c1-6-5-8-10(13-6)9(12)7(2)11(8,3)4/h7H,1,5H2,2-4H3. The zero-order chi connectivity index (χ0) is 9.80. The van der Waals surface area contributed by atoms with E-state index in [2.05, 4.69) is 20.4 Å². The SMILES string of the molecule is C=C1CC2=C(O1)C(=O)C(C)C2(C)C. The Labute approximate surface area is 78.3 Å². The normalized spacial score (nSPS) is 30.8. The van der Waals surface area contributed by atoms with Gasteiger partial charge in [-0.2, -0.15) is 0 Å². The third-order valence-electron chi connectivity index (χ3n) is 3.37. The summed E-state index contributed by atoms with van der Waals surface area (Å²) >= 11 is 0. The van der Waals surface area contributed by atoms with Gasteiger partial charge in [-0.3, -0.25) is 4.79 Å². The highest BCUT2D eigenvalue weighted by molar-refractivity contribution is 6.00. The zero-order valence-corrected chi connectivity index (χ0v) is 8.31. The first-order chi connectivity index (χ1) is 5.94. The van der Waals surface area contributed by atoms with Crippen molar-refractivity contribution in [2.75, 3.05) is 0 Å². The average molecular weight is 178 g/mol. The molecular formula is C11H14O2. The second kappa shape index (κ2) is 2.25. The first kappa shape index (κ1) is 8.54. The summed E-state index contributed by atoms with van der Waals surface area (Å²) in [7, 11) is 0. The van der Waals surface area contributed by atoms with Crippen LogP contribution in [0.2, 0.25) is 0 Å². The number of carbonyl (C=O) groups is 1. The maximum Gasteiger partial charge on any atom is 0.201 e. The molecule has 2 aliphatic rings. The number of ketones is 1. The molecule has 0 aromatic rings. The van der Waals surface area contributed by atoms with Crippen LogP contribution in [0.4, 0.5) is 0 Å². The van der Waals surface area contributed by atoms with Crippen LogP contribution in [0.25, 0.3) is 0 Å². The van der Waals surface area contributed by atoms with E-state index >= 15 is 0 Å². The van der Waals surface area contributed by atoms with E-state index in [0.29, 0.717) is 11.5 Å². The van der Waals surface area contributed by atoms with Crippen molar-refractivity contribution in [1.82, 2.24) is 0 Å². The van der Waals surface area contributed by atoms with Gasteiger partial charge in [0.2, 0.25) is 5.78 Å². The van der Waals surface area contributed by atoms with Gasteiger partial charge in [-0.25, -0.2) is 0 Å². The van der Waals surface area contributed by atoms with Crippen LogP contribution in [0, 0.1) is 11.3 Å². The van der Waals surface area contributed by atoms with E-state index in [1.165, 1.54) is 0 Å². The molecule has 0 saturated carbocycles. The van der Waals surface area contributed by atoms with Crippen LogP contribution < -0.4 is 0 Å². The van der Waals surface area contributed by atoms with Gasteiger partial charge in [-0.05, 0) is 5.57 Å². The van der Waals surface area contributed by atoms with Crippen molar-refractivity contribution in [3.05, 3.63) is 23.7 Å². The molecule has 0 spiro atoms. The minimum absolute atomic E-state index is 0.0469. The van der Waals surface area contributed by atoms with E-state index in [-0.39, 0.29) is 17.1 Å². The van der Waals surface area contributed by atoms with E-state index in [9.17, 15) is 4.79 Å².